The van der Waals surface area contributed by atoms with Gasteiger partial charge in [-0.3, -0.25) is 14.1 Å². The number of fused-ring (bicyclic) bond motifs is 1. The van der Waals surface area contributed by atoms with E-state index in [1.807, 2.05) is 70.7 Å². The Hall–Kier alpha value is -2.96. The van der Waals surface area contributed by atoms with Crippen molar-refractivity contribution in [3.63, 3.8) is 0 Å². The fourth-order valence-corrected chi connectivity index (χ4v) is 3.96. The number of aromatic nitrogens is 2. The highest BCUT2D eigenvalue weighted by Gasteiger charge is 2.09. The number of nitrogens with one attached hydrogen (secondary N) is 1. The number of carbonyl (C=O) groups is 1. The van der Waals surface area contributed by atoms with E-state index in [9.17, 15) is 4.79 Å². The summed E-state index contributed by atoms with van der Waals surface area (Å²) in [5.74, 6) is -0.102. The lowest BCUT2D eigenvalue weighted by molar-refractivity contribution is 0.102. The van der Waals surface area contributed by atoms with Gasteiger partial charge in [-0.2, -0.15) is 0 Å². The van der Waals surface area contributed by atoms with Crippen molar-refractivity contribution in [2.75, 3.05) is 18.4 Å². The molecule has 4 aromatic rings. The number of benzene rings is 2. The van der Waals surface area contributed by atoms with Gasteiger partial charge in [0.15, 0.2) is 4.96 Å². The molecule has 2 heterocycles. The minimum absolute atomic E-state index is 0.102. The Labute approximate surface area is 174 Å². The second kappa shape index (κ2) is 8.59. The van der Waals surface area contributed by atoms with Gasteiger partial charge in [0.1, 0.15) is 0 Å². The summed E-state index contributed by atoms with van der Waals surface area (Å²) in [6.45, 7) is 7.26. The summed E-state index contributed by atoms with van der Waals surface area (Å²) in [4.78, 5) is 20.5. The molecule has 4 rings (SSSR count). The molecule has 0 fully saturated rings. The molecule has 0 unspecified atom stereocenters. The third-order valence-electron chi connectivity index (χ3n) is 5.05. The predicted octanol–water partition coefficient (Wildman–Crippen LogP) is 5.16. The number of rotatable bonds is 7. The smallest absolute Gasteiger partial charge is 0.255 e. The Bertz CT molecular complexity index is 1060. The van der Waals surface area contributed by atoms with Gasteiger partial charge >= 0.3 is 0 Å². The molecule has 0 spiro atoms. The number of amides is 1. The highest BCUT2D eigenvalue weighted by atomic mass is 32.1. The van der Waals surface area contributed by atoms with Crippen LogP contribution in [0.5, 0.6) is 0 Å². The Morgan fingerprint density at radius 3 is 2.45 bits per heavy atom. The Morgan fingerprint density at radius 1 is 1.07 bits per heavy atom. The zero-order valence-corrected chi connectivity index (χ0v) is 17.4. The van der Waals surface area contributed by atoms with Crippen molar-refractivity contribution in [2.24, 2.45) is 0 Å². The topological polar surface area (TPSA) is 49.6 Å². The molecule has 0 bridgehead atoms. The zero-order valence-electron chi connectivity index (χ0n) is 16.6. The van der Waals surface area contributed by atoms with E-state index in [2.05, 4.69) is 29.0 Å². The number of hydrogen-bond donors (Lipinski definition) is 1. The largest absolute Gasteiger partial charge is 0.322 e. The molecule has 29 heavy (non-hydrogen) atoms. The Morgan fingerprint density at radius 2 is 1.79 bits per heavy atom. The van der Waals surface area contributed by atoms with Gasteiger partial charge in [-0.25, -0.2) is 4.98 Å². The summed E-state index contributed by atoms with van der Waals surface area (Å²) >= 11 is 1.61. The molecule has 6 heteroatoms. The van der Waals surface area contributed by atoms with Crippen molar-refractivity contribution in [1.82, 2.24) is 14.3 Å². The normalized spacial score (nSPS) is 11.3. The number of carbonyl (C=O) groups excluding carboxylic acids is 1. The van der Waals surface area contributed by atoms with Crippen molar-refractivity contribution in [3.05, 3.63) is 77.4 Å². The van der Waals surface area contributed by atoms with Crippen LogP contribution in [0.3, 0.4) is 0 Å². The minimum atomic E-state index is -0.102. The molecule has 1 amide bonds. The molecular formula is C23H24N4OS. The maximum Gasteiger partial charge on any atom is 0.255 e. The second-order valence-electron chi connectivity index (χ2n) is 6.91. The maximum absolute atomic E-state index is 12.6. The lowest BCUT2D eigenvalue weighted by Gasteiger charge is -2.18. The molecule has 5 nitrogen and oxygen atoms in total. The van der Waals surface area contributed by atoms with Gasteiger partial charge < -0.3 is 5.32 Å². The molecule has 0 radical (unpaired) electrons. The molecule has 0 saturated heterocycles. The fraction of sp³-hybridized carbons (Fsp3) is 0.217. The van der Waals surface area contributed by atoms with Crippen LogP contribution in [0.25, 0.3) is 16.2 Å². The number of hydrogen-bond acceptors (Lipinski definition) is 4. The SMILES string of the molecule is CCN(CC)Cc1ccc(C(=O)Nc2ccc(-c3cn4ccsc4n3)cc2)cc1. The van der Waals surface area contributed by atoms with Gasteiger partial charge in [-0.15, -0.1) is 11.3 Å². The van der Waals surface area contributed by atoms with Crippen molar-refractivity contribution in [1.29, 1.82) is 0 Å². The van der Waals surface area contributed by atoms with E-state index in [0.29, 0.717) is 5.56 Å². The molecule has 2 aromatic heterocycles. The standard InChI is InChI=1S/C23H24N4OS/c1-3-26(4-2)15-17-5-7-19(8-6-17)22(28)24-20-11-9-18(10-12-20)21-16-27-13-14-29-23(27)25-21/h5-14,16H,3-4,15H2,1-2H3,(H,24,28). The summed E-state index contributed by atoms with van der Waals surface area (Å²) in [7, 11) is 0. The molecule has 0 aliphatic heterocycles. The molecule has 0 aliphatic rings. The van der Waals surface area contributed by atoms with Crippen LogP contribution in [0, 0.1) is 0 Å². The highest BCUT2D eigenvalue weighted by molar-refractivity contribution is 7.15. The summed E-state index contributed by atoms with van der Waals surface area (Å²) in [5.41, 5.74) is 4.60. The van der Waals surface area contributed by atoms with Gasteiger partial charge in [0.05, 0.1) is 5.69 Å². The molecule has 2 aromatic carbocycles. The summed E-state index contributed by atoms with van der Waals surface area (Å²) in [6, 6.07) is 15.6. The van der Waals surface area contributed by atoms with E-state index in [4.69, 9.17) is 0 Å². The van der Waals surface area contributed by atoms with Crippen LogP contribution in [-0.2, 0) is 6.54 Å². The van der Waals surface area contributed by atoms with E-state index in [0.717, 1.165) is 41.5 Å². The number of imidazole rings is 1. The van der Waals surface area contributed by atoms with Crippen molar-refractivity contribution in [2.45, 2.75) is 20.4 Å². The quantitative estimate of drug-likeness (QED) is 0.463. The van der Waals surface area contributed by atoms with Gasteiger partial charge in [0.2, 0.25) is 0 Å². The average molecular weight is 405 g/mol. The average Bonchev–Trinajstić information content (AvgIpc) is 3.35. The van der Waals surface area contributed by atoms with E-state index in [1.54, 1.807) is 11.3 Å². The van der Waals surface area contributed by atoms with Crippen LogP contribution in [0.4, 0.5) is 5.69 Å². The van der Waals surface area contributed by atoms with Crippen LogP contribution in [-0.4, -0.2) is 33.3 Å². The van der Waals surface area contributed by atoms with Crippen molar-refractivity contribution >= 4 is 27.9 Å². The van der Waals surface area contributed by atoms with Crippen LogP contribution in [0.2, 0.25) is 0 Å². The third kappa shape index (κ3) is 4.39. The van der Waals surface area contributed by atoms with Gasteiger partial charge in [-0.1, -0.05) is 38.1 Å². The molecule has 1 N–H and O–H groups in total. The first-order valence-corrected chi connectivity index (χ1v) is 10.7. The first-order chi connectivity index (χ1) is 14.2. The van der Waals surface area contributed by atoms with E-state index < -0.39 is 0 Å². The van der Waals surface area contributed by atoms with Crippen molar-refractivity contribution < 1.29 is 4.79 Å². The van der Waals surface area contributed by atoms with E-state index in [1.165, 1.54) is 5.56 Å². The molecule has 148 valence electrons. The van der Waals surface area contributed by atoms with E-state index >= 15 is 0 Å². The molecular weight excluding hydrogens is 380 g/mol. The zero-order chi connectivity index (χ0) is 20.2. The number of anilines is 1. The van der Waals surface area contributed by atoms with Crippen LogP contribution in [0.1, 0.15) is 29.8 Å². The highest BCUT2D eigenvalue weighted by Crippen LogP contribution is 2.23. The summed E-state index contributed by atoms with van der Waals surface area (Å²) in [5, 5.41) is 4.98. The van der Waals surface area contributed by atoms with Crippen LogP contribution in [0.15, 0.2) is 66.3 Å². The lowest BCUT2D eigenvalue weighted by atomic mass is 10.1. The predicted molar refractivity (Wildman–Crippen MR) is 120 cm³/mol. The van der Waals surface area contributed by atoms with E-state index in [-0.39, 0.29) is 5.91 Å². The molecule has 0 saturated carbocycles. The lowest BCUT2D eigenvalue weighted by Crippen LogP contribution is -2.22. The molecule has 0 aliphatic carbocycles. The fourth-order valence-electron chi connectivity index (χ4n) is 3.26. The number of nitrogens with zero attached hydrogens (tertiary/aromatic N) is 3. The van der Waals surface area contributed by atoms with Crippen LogP contribution < -0.4 is 5.32 Å². The summed E-state index contributed by atoms with van der Waals surface area (Å²) in [6.07, 6.45) is 4.01. The summed E-state index contributed by atoms with van der Waals surface area (Å²) < 4.78 is 2.01. The first kappa shape index (κ1) is 19.4. The van der Waals surface area contributed by atoms with Gasteiger partial charge in [-0.05, 0) is 42.9 Å². The monoisotopic (exact) mass is 404 g/mol. The van der Waals surface area contributed by atoms with Crippen molar-refractivity contribution in [3.8, 4) is 11.3 Å². The molecule has 0 atom stereocenters. The van der Waals surface area contributed by atoms with Gasteiger partial charge in [0.25, 0.3) is 5.91 Å². The Balaban J connectivity index is 1.41. The first-order valence-electron chi connectivity index (χ1n) is 9.81. The minimum Gasteiger partial charge on any atom is -0.322 e. The van der Waals surface area contributed by atoms with Crippen LogP contribution >= 0.6 is 11.3 Å². The third-order valence-corrected chi connectivity index (χ3v) is 5.82. The number of thiazole rings is 1. The maximum atomic E-state index is 12.6. The second-order valence-corrected chi connectivity index (χ2v) is 7.78. The Kier molecular flexibility index (Phi) is 5.74. The van der Waals surface area contributed by atoms with Gasteiger partial charge in [0, 0.05) is 41.1 Å².